The van der Waals surface area contributed by atoms with E-state index >= 15 is 0 Å². The van der Waals surface area contributed by atoms with Gasteiger partial charge in [0.2, 0.25) is 0 Å². The SMILES string of the molecule is O=C(N1Cc2ccccc2S1)N1Cc2ccccc2S1. The van der Waals surface area contributed by atoms with Gasteiger partial charge in [-0.3, -0.25) is 8.61 Å². The number of urea groups is 1. The summed E-state index contributed by atoms with van der Waals surface area (Å²) in [4.78, 5) is 15.0. The van der Waals surface area contributed by atoms with Gasteiger partial charge < -0.3 is 0 Å². The van der Waals surface area contributed by atoms with Crippen molar-refractivity contribution in [1.82, 2.24) is 8.61 Å². The first-order valence-corrected chi connectivity index (χ1v) is 7.97. The Balaban J connectivity index is 1.51. The second kappa shape index (κ2) is 4.75. The third kappa shape index (κ3) is 1.98. The van der Waals surface area contributed by atoms with E-state index in [1.807, 2.05) is 32.9 Å². The van der Waals surface area contributed by atoms with Crippen LogP contribution in [0.4, 0.5) is 4.79 Å². The summed E-state index contributed by atoms with van der Waals surface area (Å²) in [6.07, 6.45) is 0. The molecule has 0 saturated heterocycles. The second-order valence-electron chi connectivity index (χ2n) is 4.75. The molecule has 100 valence electrons. The molecule has 0 spiro atoms. The lowest BCUT2D eigenvalue weighted by Gasteiger charge is -2.21. The van der Waals surface area contributed by atoms with Crippen molar-refractivity contribution in [2.24, 2.45) is 0 Å². The van der Waals surface area contributed by atoms with Gasteiger partial charge in [0.15, 0.2) is 0 Å². The molecule has 2 heterocycles. The van der Waals surface area contributed by atoms with Crippen LogP contribution in [0, 0.1) is 0 Å². The predicted molar refractivity (Wildman–Crippen MR) is 81.1 cm³/mol. The largest absolute Gasteiger partial charge is 0.341 e. The van der Waals surface area contributed by atoms with E-state index in [1.165, 1.54) is 44.8 Å². The van der Waals surface area contributed by atoms with Crippen LogP contribution in [-0.2, 0) is 13.1 Å². The highest BCUT2D eigenvalue weighted by Gasteiger charge is 2.32. The Morgan fingerprint density at radius 1 is 0.800 bits per heavy atom. The highest BCUT2D eigenvalue weighted by atomic mass is 32.2. The minimum Gasteiger partial charge on any atom is -0.259 e. The van der Waals surface area contributed by atoms with Gasteiger partial charge >= 0.3 is 6.03 Å². The topological polar surface area (TPSA) is 23.6 Å². The first-order chi connectivity index (χ1) is 9.81. The van der Waals surface area contributed by atoms with Crippen LogP contribution in [0.5, 0.6) is 0 Å². The summed E-state index contributed by atoms with van der Waals surface area (Å²) in [5.41, 5.74) is 2.46. The van der Waals surface area contributed by atoms with Crippen molar-refractivity contribution in [3.8, 4) is 0 Å². The van der Waals surface area contributed by atoms with E-state index in [1.54, 1.807) is 0 Å². The van der Waals surface area contributed by atoms with E-state index in [0.29, 0.717) is 13.1 Å². The minimum absolute atomic E-state index is 0.0763. The van der Waals surface area contributed by atoms with E-state index in [9.17, 15) is 4.79 Å². The van der Waals surface area contributed by atoms with Crippen LogP contribution in [0.1, 0.15) is 11.1 Å². The molecule has 2 aromatic rings. The van der Waals surface area contributed by atoms with Crippen molar-refractivity contribution >= 4 is 29.9 Å². The van der Waals surface area contributed by atoms with Crippen LogP contribution in [0.15, 0.2) is 58.3 Å². The zero-order valence-corrected chi connectivity index (χ0v) is 12.3. The molecule has 0 aliphatic carbocycles. The van der Waals surface area contributed by atoms with Gasteiger partial charge in [-0.25, -0.2) is 4.79 Å². The Hall–Kier alpha value is -1.59. The van der Waals surface area contributed by atoms with Crippen molar-refractivity contribution in [3.63, 3.8) is 0 Å². The maximum absolute atomic E-state index is 12.6. The maximum atomic E-state index is 12.6. The number of carbonyl (C=O) groups is 1. The molecule has 3 nitrogen and oxygen atoms in total. The zero-order chi connectivity index (χ0) is 13.5. The molecule has 2 aliphatic heterocycles. The number of amides is 2. The highest BCUT2D eigenvalue weighted by Crippen LogP contribution is 2.41. The zero-order valence-electron chi connectivity index (χ0n) is 10.7. The van der Waals surface area contributed by atoms with Gasteiger partial charge in [0, 0.05) is 9.79 Å². The summed E-state index contributed by atoms with van der Waals surface area (Å²) in [5.74, 6) is 0. The van der Waals surface area contributed by atoms with Gasteiger partial charge in [-0.2, -0.15) is 0 Å². The van der Waals surface area contributed by atoms with Gasteiger partial charge in [0.25, 0.3) is 0 Å². The third-order valence-electron chi connectivity index (χ3n) is 3.42. The number of benzene rings is 2. The van der Waals surface area contributed by atoms with Crippen LogP contribution < -0.4 is 0 Å². The van der Waals surface area contributed by atoms with Crippen molar-refractivity contribution in [2.45, 2.75) is 22.9 Å². The summed E-state index contributed by atoms with van der Waals surface area (Å²) in [5, 5.41) is 0. The molecule has 0 saturated carbocycles. The van der Waals surface area contributed by atoms with Gasteiger partial charge in [0.1, 0.15) is 0 Å². The van der Waals surface area contributed by atoms with Gasteiger partial charge in [-0.05, 0) is 47.2 Å². The number of rotatable bonds is 0. The first-order valence-electron chi connectivity index (χ1n) is 6.42. The number of nitrogens with zero attached hydrogens (tertiary/aromatic N) is 2. The molecule has 0 unspecified atom stereocenters. The Kier molecular flexibility index (Phi) is 2.89. The smallest absolute Gasteiger partial charge is 0.259 e. The Bertz CT molecular complexity index is 582. The highest BCUT2D eigenvalue weighted by molar-refractivity contribution is 7.99. The summed E-state index contributed by atoms with van der Waals surface area (Å²) in [6, 6.07) is 16.5. The minimum atomic E-state index is 0.0763. The standard InChI is InChI=1S/C15H12N2OS2/c18-15(16-9-11-5-1-3-7-13(11)19-16)17-10-12-6-2-4-8-14(12)20-17/h1-8H,9-10H2. The molecule has 2 amide bonds. The average molecular weight is 300 g/mol. The van der Waals surface area contributed by atoms with Crippen molar-refractivity contribution in [2.75, 3.05) is 0 Å². The molecule has 2 aromatic carbocycles. The quantitative estimate of drug-likeness (QED) is 0.683. The van der Waals surface area contributed by atoms with E-state index in [0.717, 1.165) is 0 Å². The lowest BCUT2D eigenvalue weighted by atomic mass is 10.2. The molecule has 20 heavy (non-hydrogen) atoms. The lowest BCUT2D eigenvalue weighted by molar-refractivity contribution is 0.209. The van der Waals surface area contributed by atoms with Crippen LogP contribution in [-0.4, -0.2) is 14.6 Å². The molecule has 0 aromatic heterocycles. The predicted octanol–water partition coefficient (Wildman–Crippen LogP) is 4.15. The fourth-order valence-corrected chi connectivity index (χ4v) is 4.46. The van der Waals surface area contributed by atoms with Gasteiger partial charge in [-0.15, -0.1) is 0 Å². The Morgan fingerprint density at radius 2 is 1.25 bits per heavy atom. The Morgan fingerprint density at radius 3 is 1.70 bits per heavy atom. The lowest BCUT2D eigenvalue weighted by Crippen LogP contribution is -2.31. The Labute approximate surface area is 126 Å². The maximum Gasteiger partial charge on any atom is 0.341 e. The fraction of sp³-hybridized carbons (Fsp3) is 0.133. The van der Waals surface area contributed by atoms with Crippen LogP contribution in [0.25, 0.3) is 0 Å². The van der Waals surface area contributed by atoms with E-state index in [2.05, 4.69) is 24.3 Å². The fourth-order valence-electron chi connectivity index (χ4n) is 2.40. The number of carbonyl (C=O) groups excluding carboxylic acids is 1. The molecule has 0 bridgehead atoms. The van der Waals surface area contributed by atoms with Crippen molar-refractivity contribution < 1.29 is 4.79 Å². The number of fused-ring (bicyclic) bond motifs is 2. The van der Waals surface area contributed by atoms with E-state index in [4.69, 9.17) is 0 Å². The summed E-state index contributed by atoms with van der Waals surface area (Å²) in [7, 11) is 0. The molecule has 4 rings (SSSR count). The molecule has 5 heteroatoms. The molecule has 0 radical (unpaired) electrons. The van der Waals surface area contributed by atoms with Gasteiger partial charge in [0.05, 0.1) is 13.1 Å². The molecule has 0 fully saturated rings. The molecular weight excluding hydrogens is 288 g/mol. The normalized spacial score (nSPS) is 16.2. The third-order valence-corrected chi connectivity index (χ3v) is 5.62. The summed E-state index contributed by atoms with van der Waals surface area (Å²) < 4.78 is 3.67. The first kappa shape index (κ1) is 12.2. The van der Waals surface area contributed by atoms with Crippen LogP contribution in [0.2, 0.25) is 0 Å². The van der Waals surface area contributed by atoms with Crippen LogP contribution in [0.3, 0.4) is 0 Å². The van der Waals surface area contributed by atoms with Crippen molar-refractivity contribution in [1.29, 1.82) is 0 Å². The summed E-state index contributed by atoms with van der Waals surface area (Å²) >= 11 is 3.08. The van der Waals surface area contributed by atoms with E-state index in [-0.39, 0.29) is 6.03 Å². The summed E-state index contributed by atoms with van der Waals surface area (Å²) in [6.45, 7) is 1.38. The number of hydrogen-bond acceptors (Lipinski definition) is 3. The van der Waals surface area contributed by atoms with Crippen molar-refractivity contribution in [3.05, 3.63) is 59.7 Å². The van der Waals surface area contributed by atoms with Crippen LogP contribution >= 0.6 is 23.9 Å². The van der Waals surface area contributed by atoms with Gasteiger partial charge in [-0.1, -0.05) is 36.4 Å². The average Bonchev–Trinajstić information content (AvgIpc) is 3.10. The molecular formula is C15H12N2OS2. The number of hydrogen-bond donors (Lipinski definition) is 0. The van der Waals surface area contributed by atoms with E-state index < -0.39 is 0 Å². The monoisotopic (exact) mass is 300 g/mol. The second-order valence-corrected chi connectivity index (χ2v) is 6.88. The molecule has 0 atom stereocenters. The molecule has 2 aliphatic rings. The molecule has 0 N–H and O–H groups in total.